The quantitative estimate of drug-likeness (QED) is 0.721. The number of hydrogen-bond donors (Lipinski definition) is 1. The van der Waals surface area contributed by atoms with Crippen molar-refractivity contribution in [2.45, 2.75) is 0 Å². The molecule has 0 saturated heterocycles. The van der Waals surface area contributed by atoms with Crippen LogP contribution in [0.25, 0.3) is 6.08 Å². The molecule has 100 valence electrons. The van der Waals surface area contributed by atoms with Gasteiger partial charge in [-0.3, -0.25) is 4.79 Å². The molecule has 5 heteroatoms. The highest BCUT2D eigenvalue weighted by atomic mass is 79.9. The van der Waals surface area contributed by atoms with Crippen LogP contribution >= 0.6 is 31.9 Å². The zero-order chi connectivity index (χ0) is 14.3. The molecule has 3 nitrogen and oxygen atoms in total. The predicted molar refractivity (Wildman–Crippen MR) is 82.9 cm³/mol. The molecule has 0 fully saturated rings. The molecular formula is C15H8Br2O3. The first-order chi connectivity index (χ1) is 9.56. The SMILES string of the molecule is O=C1C(=Cc2cc(Br)c(O)c(Br)c2)Oc2ccccc21. The van der Waals surface area contributed by atoms with Crippen molar-refractivity contribution in [2.75, 3.05) is 0 Å². The van der Waals surface area contributed by atoms with E-state index in [4.69, 9.17) is 4.74 Å². The minimum Gasteiger partial charge on any atom is -0.506 e. The molecular weight excluding hydrogens is 388 g/mol. The molecule has 0 spiro atoms. The summed E-state index contributed by atoms with van der Waals surface area (Å²) in [4.78, 5) is 12.2. The van der Waals surface area contributed by atoms with Gasteiger partial charge in [0, 0.05) is 0 Å². The number of allylic oxidation sites excluding steroid dienone is 1. The Bertz CT molecular complexity index is 728. The molecule has 0 radical (unpaired) electrons. The van der Waals surface area contributed by atoms with E-state index in [0.29, 0.717) is 20.3 Å². The molecule has 1 aliphatic rings. The minimum atomic E-state index is -0.138. The van der Waals surface area contributed by atoms with E-state index in [2.05, 4.69) is 31.9 Å². The molecule has 20 heavy (non-hydrogen) atoms. The van der Waals surface area contributed by atoms with Gasteiger partial charge in [0.25, 0.3) is 0 Å². The summed E-state index contributed by atoms with van der Waals surface area (Å²) in [5.74, 6) is 0.825. The van der Waals surface area contributed by atoms with E-state index in [-0.39, 0.29) is 17.3 Å². The maximum absolute atomic E-state index is 12.2. The Morgan fingerprint density at radius 2 is 1.75 bits per heavy atom. The summed E-state index contributed by atoms with van der Waals surface area (Å²) >= 11 is 6.51. The fraction of sp³-hybridized carbons (Fsp3) is 0. The molecule has 2 aromatic rings. The van der Waals surface area contributed by atoms with Crippen LogP contribution in [-0.4, -0.2) is 10.9 Å². The highest BCUT2D eigenvalue weighted by Crippen LogP contribution is 2.35. The monoisotopic (exact) mass is 394 g/mol. The smallest absolute Gasteiger partial charge is 0.231 e. The van der Waals surface area contributed by atoms with Gasteiger partial charge < -0.3 is 9.84 Å². The Morgan fingerprint density at radius 1 is 1.10 bits per heavy atom. The van der Waals surface area contributed by atoms with Crippen molar-refractivity contribution in [2.24, 2.45) is 0 Å². The standard InChI is InChI=1S/C15H8Br2O3/c16-10-5-8(6-11(17)15(10)19)7-13-14(18)9-3-1-2-4-12(9)20-13/h1-7,19H. The Balaban J connectivity index is 2.02. The van der Waals surface area contributed by atoms with E-state index in [9.17, 15) is 9.90 Å². The molecule has 0 atom stereocenters. The summed E-state index contributed by atoms with van der Waals surface area (Å²) in [6, 6.07) is 10.6. The second-order valence-electron chi connectivity index (χ2n) is 4.27. The third kappa shape index (κ3) is 2.27. The van der Waals surface area contributed by atoms with E-state index >= 15 is 0 Å². The maximum Gasteiger partial charge on any atom is 0.231 e. The van der Waals surface area contributed by atoms with Crippen LogP contribution in [0.1, 0.15) is 15.9 Å². The summed E-state index contributed by atoms with van der Waals surface area (Å²) in [5.41, 5.74) is 1.31. The molecule has 0 saturated carbocycles. The topological polar surface area (TPSA) is 46.5 Å². The number of phenolic OH excluding ortho intramolecular Hbond substituents is 1. The average molecular weight is 396 g/mol. The molecule has 0 aromatic heterocycles. The number of para-hydroxylation sites is 1. The number of Topliss-reactive ketones (excluding diaryl/α,β-unsaturated/α-hetero) is 1. The summed E-state index contributed by atoms with van der Waals surface area (Å²) in [7, 11) is 0. The Morgan fingerprint density at radius 3 is 2.40 bits per heavy atom. The fourth-order valence-electron chi connectivity index (χ4n) is 1.96. The van der Waals surface area contributed by atoms with Gasteiger partial charge in [0.2, 0.25) is 5.78 Å². The van der Waals surface area contributed by atoms with Crippen LogP contribution in [-0.2, 0) is 0 Å². The first-order valence-corrected chi connectivity index (χ1v) is 7.36. The first-order valence-electron chi connectivity index (χ1n) is 5.77. The highest BCUT2D eigenvalue weighted by Gasteiger charge is 2.26. The van der Waals surface area contributed by atoms with E-state index in [1.54, 1.807) is 36.4 Å². The molecule has 1 aliphatic heterocycles. The Labute approximate surface area is 132 Å². The lowest BCUT2D eigenvalue weighted by atomic mass is 10.1. The number of hydrogen-bond acceptors (Lipinski definition) is 3. The van der Waals surface area contributed by atoms with Crippen LogP contribution in [0.4, 0.5) is 0 Å². The molecule has 0 aliphatic carbocycles. The van der Waals surface area contributed by atoms with Crippen molar-refractivity contribution in [3.63, 3.8) is 0 Å². The number of fused-ring (bicyclic) bond motifs is 1. The van der Waals surface area contributed by atoms with E-state index in [1.165, 1.54) is 0 Å². The molecule has 0 amide bonds. The van der Waals surface area contributed by atoms with E-state index < -0.39 is 0 Å². The van der Waals surface area contributed by atoms with Crippen LogP contribution in [0.5, 0.6) is 11.5 Å². The summed E-state index contributed by atoms with van der Waals surface area (Å²) < 4.78 is 6.64. The molecule has 3 rings (SSSR count). The summed E-state index contributed by atoms with van der Waals surface area (Å²) in [5, 5.41) is 9.67. The minimum absolute atomic E-state index is 0.120. The van der Waals surface area contributed by atoms with E-state index in [1.807, 2.05) is 6.07 Å². The Kier molecular flexibility index (Phi) is 3.40. The number of ether oxygens (including phenoxy) is 1. The zero-order valence-corrected chi connectivity index (χ0v) is 13.2. The van der Waals surface area contributed by atoms with Gasteiger partial charge in [0.1, 0.15) is 11.5 Å². The summed E-state index contributed by atoms with van der Waals surface area (Å²) in [6.45, 7) is 0. The number of carbonyl (C=O) groups excluding carboxylic acids is 1. The number of phenols is 1. The van der Waals surface area contributed by atoms with Crippen molar-refractivity contribution in [3.05, 3.63) is 62.2 Å². The number of benzene rings is 2. The lowest BCUT2D eigenvalue weighted by molar-refractivity contribution is 0.101. The molecule has 1 N–H and O–H groups in total. The van der Waals surface area contributed by atoms with E-state index in [0.717, 1.165) is 5.56 Å². The number of rotatable bonds is 1. The van der Waals surface area contributed by atoms with Crippen LogP contribution in [0, 0.1) is 0 Å². The number of ketones is 1. The van der Waals surface area contributed by atoms with Gasteiger partial charge in [-0.2, -0.15) is 0 Å². The summed E-state index contributed by atoms with van der Waals surface area (Å²) in [6.07, 6.45) is 1.65. The molecule has 2 aromatic carbocycles. The van der Waals surface area contributed by atoms with Crippen molar-refractivity contribution in [1.29, 1.82) is 0 Å². The molecule has 0 unspecified atom stereocenters. The average Bonchev–Trinajstić information content (AvgIpc) is 2.73. The fourth-order valence-corrected chi connectivity index (χ4v) is 3.18. The van der Waals surface area contributed by atoms with Crippen molar-refractivity contribution >= 4 is 43.7 Å². The second kappa shape index (κ2) is 5.07. The maximum atomic E-state index is 12.2. The highest BCUT2D eigenvalue weighted by molar-refractivity contribution is 9.11. The third-order valence-corrected chi connectivity index (χ3v) is 4.12. The van der Waals surface area contributed by atoms with Crippen LogP contribution in [0.2, 0.25) is 0 Å². The lowest BCUT2D eigenvalue weighted by Gasteiger charge is -2.03. The van der Waals surface area contributed by atoms with Crippen molar-refractivity contribution in [1.82, 2.24) is 0 Å². The van der Waals surface area contributed by atoms with Crippen LogP contribution in [0.3, 0.4) is 0 Å². The molecule has 1 heterocycles. The second-order valence-corrected chi connectivity index (χ2v) is 5.98. The number of halogens is 2. The normalized spacial score (nSPS) is 15.3. The van der Waals surface area contributed by atoms with Crippen molar-refractivity contribution < 1.29 is 14.6 Å². The van der Waals surface area contributed by atoms with Crippen molar-refractivity contribution in [3.8, 4) is 11.5 Å². The van der Waals surface area contributed by atoms with Gasteiger partial charge in [-0.25, -0.2) is 0 Å². The van der Waals surface area contributed by atoms with Crippen LogP contribution < -0.4 is 4.74 Å². The molecule has 0 bridgehead atoms. The predicted octanol–water partition coefficient (Wildman–Crippen LogP) is 4.53. The largest absolute Gasteiger partial charge is 0.506 e. The zero-order valence-electron chi connectivity index (χ0n) is 10.1. The Hall–Kier alpha value is -1.59. The first kappa shape index (κ1) is 13.4. The third-order valence-electron chi connectivity index (χ3n) is 2.91. The lowest BCUT2D eigenvalue weighted by Crippen LogP contribution is -1.98. The van der Waals surface area contributed by atoms with Gasteiger partial charge in [0.05, 0.1) is 14.5 Å². The van der Waals surface area contributed by atoms with Gasteiger partial charge in [-0.05, 0) is 67.8 Å². The van der Waals surface area contributed by atoms with Crippen LogP contribution in [0.15, 0.2) is 51.1 Å². The van der Waals surface area contributed by atoms with Gasteiger partial charge in [-0.15, -0.1) is 0 Å². The van der Waals surface area contributed by atoms with Gasteiger partial charge >= 0.3 is 0 Å². The number of aromatic hydroxyl groups is 1. The number of carbonyl (C=O) groups is 1. The van der Waals surface area contributed by atoms with Gasteiger partial charge in [0.15, 0.2) is 5.76 Å². The van der Waals surface area contributed by atoms with Gasteiger partial charge in [-0.1, -0.05) is 12.1 Å².